The van der Waals surface area contributed by atoms with Crippen molar-refractivity contribution in [3.8, 4) is 0 Å². The van der Waals surface area contributed by atoms with Gasteiger partial charge in [-0.25, -0.2) is 0 Å². The average molecular weight is 380 g/mol. The van der Waals surface area contributed by atoms with Crippen molar-refractivity contribution in [1.29, 1.82) is 0 Å². The van der Waals surface area contributed by atoms with Crippen molar-refractivity contribution in [2.75, 3.05) is 49.6 Å². The summed E-state index contributed by atoms with van der Waals surface area (Å²) in [4.78, 5) is 17.2. The number of ether oxygens (including phenoxy) is 1. The summed E-state index contributed by atoms with van der Waals surface area (Å²) in [7, 11) is 0. The molecule has 0 aromatic heterocycles. The van der Waals surface area contributed by atoms with Crippen molar-refractivity contribution >= 4 is 17.3 Å². The van der Waals surface area contributed by atoms with Crippen LogP contribution in [0.4, 0.5) is 11.4 Å². The van der Waals surface area contributed by atoms with Crippen LogP contribution in [0.25, 0.3) is 0 Å². The first-order valence-electron chi connectivity index (χ1n) is 10.2. The Bertz CT molecular complexity index is 813. The number of hydrogen-bond acceptors (Lipinski definition) is 4. The predicted molar refractivity (Wildman–Crippen MR) is 113 cm³/mol. The number of nitrogens with one attached hydrogen (secondary N) is 1. The second-order valence-corrected chi connectivity index (χ2v) is 7.79. The molecular weight excluding hydrogens is 350 g/mol. The second kappa shape index (κ2) is 8.76. The molecule has 1 saturated heterocycles. The first-order chi connectivity index (χ1) is 13.7. The Kier molecular flexibility index (Phi) is 5.93. The summed E-state index contributed by atoms with van der Waals surface area (Å²) < 4.78 is 5.40. The molecule has 0 aliphatic carbocycles. The van der Waals surface area contributed by atoms with Gasteiger partial charge in [0.05, 0.1) is 19.8 Å². The van der Waals surface area contributed by atoms with Crippen LogP contribution in [0.2, 0.25) is 0 Å². The summed E-state index contributed by atoms with van der Waals surface area (Å²) in [5.74, 6) is 0.0364. The smallest absolute Gasteiger partial charge is 0.243 e. The topological polar surface area (TPSA) is 44.8 Å². The van der Waals surface area contributed by atoms with Crippen LogP contribution < -0.4 is 10.2 Å². The lowest BCUT2D eigenvalue weighted by Crippen LogP contribution is -2.36. The SMILES string of the molecule is Cc1ccc2c(c1)CCCN2CC(=O)Nc1ccc(CN2CCOCC2)cc1. The molecule has 0 bridgehead atoms. The van der Waals surface area contributed by atoms with Crippen molar-refractivity contribution < 1.29 is 9.53 Å². The maximum atomic E-state index is 12.6. The summed E-state index contributed by atoms with van der Waals surface area (Å²) in [5.41, 5.74) is 5.96. The monoisotopic (exact) mass is 379 g/mol. The van der Waals surface area contributed by atoms with Crippen molar-refractivity contribution in [2.45, 2.75) is 26.3 Å². The van der Waals surface area contributed by atoms with Crippen LogP contribution in [0, 0.1) is 6.92 Å². The zero-order chi connectivity index (χ0) is 19.3. The number of aryl methyl sites for hydroxylation is 2. The van der Waals surface area contributed by atoms with E-state index >= 15 is 0 Å². The molecule has 28 heavy (non-hydrogen) atoms. The van der Waals surface area contributed by atoms with Crippen LogP contribution in [-0.2, 0) is 22.5 Å². The molecule has 1 N–H and O–H groups in total. The number of rotatable bonds is 5. The van der Waals surface area contributed by atoms with Gasteiger partial charge < -0.3 is 15.0 Å². The standard InChI is InChI=1S/C23H29N3O2/c1-18-4-9-22-20(15-18)3-2-10-26(22)17-23(27)24-21-7-5-19(6-8-21)16-25-11-13-28-14-12-25/h4-9,15H,2-3,10-14,16-17H2,1H3,(H,24,27). The lowest BCUT2D eigenvalue weighted by molar-refractivity contribution is -0.115. The van der Waals surface area contributed by atoms with Gasteiger partial charge in [0.2, 0.25) is 5.91 Å². The van der Waals surface area contributed by atoms with Gasteiger partial charge in [-0.05, 0) is 49.1 Å². The van der Waals surface area contributed by atoms with Gasteiger partial charge >= 0.3 is 0 Å². The molecule has 0 atom stereocenters. The number of hydrogen-bond donors (Lipinski definition) is 1. The molecule has 2 aromatic rings. The fourth-order valence-corrected chi connectivity index (χ4v) is 4.05. The number of morpholine rings is 1. The summed E-state index contributed by atoms with van der Waals surface area (Å²) >= 11 is 0. The number of fused-ring (bicyclic) bond motifs is 1. The van der Waals surface area contributed by atoms with Crippen LogP contribution in [0.15, 0.2) is 42.5 Å². The van der Waals surface area contributed by atoms with Gasteiger partial charge in [0.15, 0.2) is 0 Å². The zero-order valence-corrected chi connectivity index (χ0v) is 16.6. The Morgan fingerprint density at radius 3 is 2.64 bits per heavy atom. The van der Waals surface area contributed by atoms with E-state index in [1.165, 1.54) is 22.4 Å². The predicted octanol–water partition coefficient (Wildman–Crippen LogP) is 3.22. The lowest BCUT2D eigenvalue weighted by atomic mass is 9.99. The number of benzene rings is 2. The van der Waals surface area contributed by atoms with Gasteiger partial charge in [0, 0.05) is 37.6 Å². The molecule has 2 heterocycles. The van der Waals surface area contributed by atoms with E-state index in [4.69, 9.17) is 4.74 Å². The highest BCUT2D eigenvalue weighted by atomic mass is 16.5. The largest absolute Gasteiger partial charge is 0.379 e. The second-order valence-electron chi connectivity index (χ2n) is 7.79. The highest BCUT2D eigenvalue weighted by Crippen LogP contribution is 2.27. The molecule has 1 fully saturated rings. The fourth-order valence-electron chi connectivity index (χ4n) is 4.05. The summed E-state index contributed by atoms with van der Waals surface area (Å²) in [5, 5.41) is 3.05. The number of nitrogens with zero attached hydrogens (tertiary/aromatic N) is 2. The molecule has 0 unspecified atom stereocenters. The molecule has 5 nitrogen and oxygen atoms in total. The molecule has 2 aliphatic heterocycles. The molecule has 4 rings (SSSR count). The first kappa shape index (κ1) is 19.0. The Labute approximate surface area is 167 Å². The van der Waals surface area contributed by atoms with Crippen molar-refractivity contribution in [1.82, 2.24) is 4.90 Å². The van der Waals surface area contributed by atoms with E-state index in [1.807, 2.05) is 12.1 Å². The van der Waals surface area contributed by atoms with E-state index in [1.54, 1.807) is 0 Å². The lowest BCUT2D eigenvalue weighted by Gasteiger charge is -2.31. The van der Waals surface area contributed by atoms with Crippen LogP contribution >= 0.6 is 0 Å². The summed E-state index contributed by atoms with van der Waals surface area (Å²) in [6.07, 6.45) is 2.19. The minimum atomic E-state index is 0.0364. The van der Waals surface area contributed by atoms with E-state index in [0.717, 1.165) is 57.9 Å². The van der Waals surface area contributed by atoms with Crippen molar-refractivity contribution in [3.63, 3.8) is 0 Å². The first-order valence-corrected chi connectivity index (χ1v) is 10.2. The average Bonchev–Trinajstić information content (AvgIpc) is 2.70. The van der Waals surface area contributed by atoms with Crippen LogP contribution in [0.1, 0.15) is 23.1 Å². The van der Waals surface area contributed by atoms with E-state index < -0.39 is 0 Å². The van der Waals surface area contributed by atoms with Crippen molar-refractivity contribution in [3.05, 3.63) is 59.2 Å². The third kappa shape index (κ3) is 4.72. The molecular formula is C23H29N3O2. The fraction of sp³-hybridized carbons (Fsp3) is 0.435. The van der Waals surface area contributed by atoms with Gasteiger partial charge in [0.1, 0.15) is 0 Å². The maximum absolute atomic E-state index is 12.6. The zero-order valence-electron chi connectivity index (χ0n) is 16.6. The summed E-state index contributed by atoms with van der Waals surface area (Å²) in [6, 6.07) is 14.7. The molecule has 0 spiro atoms. The number of anilines is 2. The molecule has 0 saturated carbocycles. The quantitative estimate of drug-likeness (QED) is 0.866. The molecule has 2 aromatic carbocycles. The summed E-state index contributed by atoms with van der Waals surface area (Å²) in [6.45, 7) is 7.97. The van der Waals surface area contributed by atoms with Gasteiger partial charge in [-0.15, -0.1) is 0 Å². The minimum absolute atomic E-state index is 0.0364. The van der Waals surface area contributed by atoms with Crippen molar-refractivity contribution in [2.24, 2.45) is 0 Å². The van der Waals surface area contributed by atoms with Crippen LogP contribution in [0.5, 0.6) is 0 Å². The van der Waals surface area contributed by atoms with Gasteiger partial charge in [-0.3, -0.25) is 9.69 Å². The molecule has 148 valence electrons. The Morgan fingerprint density at radius 2 is 1.86 bits per heavy atom. The molecule has 2 aliphatic rings. The molecule has 1 amide bonds. The molecule has 5 heteroatoms. The Hall–Kier alpha value is -2.37. The normalized spacial score (nSPS) is 17.2. The maximum Gasteiger partial charge on any atom is 0.243 e. The van der Waals surface area contributed by atoms with E-state index in [0.29, 0.717) is 6.54 Å². The van der Waals surface area contributed by atoms with E-state index in [2.05, 4.69) is 52.4 Å². The molecule has 0 radical (unpaired) electrons. The van der Waals surface area contributed by atoms with Crippen LogP contribution in [-0.4, -0.2) is 50.2 Å². The van der Waals surface area contributed by atoms with E-state index in [-0.39, 0.29) is 5.91 Å². The Morgan fingerprint density at radius 1 is 1.07 bits per heavy atom. The van der Waals surface area contributed by atoms with E-state index in [9.17, 15) is 4.79 Å². The number of carbonyl (C=O) groups excluding carboxylic acids is 1. The minimum Gasteiger partial charge on any atom is -0.379 e. The third-order valence-corrected chi connectivity index (χ3v) is 5.53. The third-order valence-electron chi connectivity index (χ3n) is 5.53. The van der Waals surface area contributed by atoms with Gasteiger partial charge in [-0.2, -0.15) is 0 Å². The Balaban J connectivity index is 1.33. The van der Waals surface area contributed by atoms with Gasteiger partial charge in [0.25, 0.3) is 0 Å². The highest BCUT2D eigenvalue weighted by Gasteiger charge is 2.19. The highest BCUT2D eigenvalue weighted by molar-refractivity contribution is 5.94. The number of carbonyl (C=O) groups is 1. The van der Waals surface area contributed by atoms with Gasteiger partial charge in [-0.1, -0.05) is 29.8 Å². The van der Waals surface area contributed by atoms with Crippen LogP contribution in [0.3, 0.4) is 0 Å². The number of amides is 1.